The number of rotatable bonds is 2. The van der Waals surface area contributed by atoms with Crippen LogP contribution in [0.2, 0.25) is 0 Å². The topological polar surface area (TPSA) is 85.9 Å². The third-order valence-corrected chi connectivity index (χ3v) is 4.80. The Balaban J connectivity index is 1.79. The summed E-state index contributed by atoms with van der Waals surface area (Å²) >= 11 is 0. The van der Waals surface area contributed by atoms with Crippen molar-refractivity contribution < 1.29 is 9.53 Å². The first-order chi connectivity index (χ1) is 11.6. The number of hydrogen-bond acceptors (Lipinski definition) is 4. The SMILES string of the molecule is COC1CCc2nn(C(=O)c3cccc4[nH]c(C)cc34)c(N)c2C1. The lowest BCUT2D eigenvalue weighted by Gasteiger charge is -2.19. The van der Waals surface area contributed by atoms with Crippen LogP contribution in [0.4, 0.5) is 5.82 Å². The fraction of sp³-hybridized carbons (Fsp3) is 0.333. The zero-order chi connectivity index (χ0) is 16.8. The summed E-state index contributed by atoms with van der Waals surface area (Å²) in [6.07, 6.45) is 2.54. The number of aryl methyl sites for hydroxylation is 2. The van der Waals surface area contributed by atoms with E-state index < -0.39 is 0 Å². The molecule has 0 bridgehead atoms. The van der Waals surface area contributed by atoms with Crippen molar-refractivity contribution in [1.82, 2.24) is 14.8 Å². The number of nitrogens with one attached hydrogen (secondary N) is 1. The molecule has 6 heteroatoms. The minimum atomic E-state index is -0.194. The first-order valence-electron chi connectivity index (χ1n) is 8.10. The quantitative estimate of drug-likeness (QED) is 0.758. The van der Waals surface area contributed by atoms with Gasteiger partial charge in [-0.3, -0.25) is 4.79 Å². The van der Waals surface area contributed by atoms with Crippen LogP contribution in [0.25, 0.3) is 10.9 Å². The Hall–Kier alpha value is -2.60. The van der Waals surface area contributed by atoms with Crippen LogP contribution in [0.15, 0.2) is 24.3 Å². The highest BCUT2D eigenvalue weighted by Crippen LogP contribution is 2.29. The number of nitrogen functional groups attached to an aromatic ring is 1. The number of aromatic amines is 1. The molecule has 0 saturated heterocycles. The summed E-state index contributed by atoms with van der Waals surface area (Å²) in [5.74, 6) is 0.237. The molecule has 3 N–H and O–H groups in total. The number of carbonyl (C=O) groups excluding carboxylic acids is 1. The Kier molecular flexibility index (Phi) is 3.42. The van der Waals surface area contributed by atoms with Crippen molar-refractivity contribution in [2.75, 3.05) is 12.8 Å². The number of benzene rings is 1. The van der Waals surface area contributed by atoms with Crippen LogP contribution in [0, 0.1) is 6.92 Å². The molecule has 24 heavy (non-hydrogen) atoms. The van der Waals surface area contributed by atoms with Crippen molar-refractivity contribution in [2.24, 2.45) is 0 Å². The lowest BCUT2D eigenvalue weighted by molar-refractivity contribution is 0.0910. The Labute approximate surface area is 139 Å². The van der Waals surface area contributed by atoms with E-state index in [2.05, 4.69) is 10.1 Å². The molecule has 0 amide bonds. The summed E-state index contributed by atoms with van der Waals surface area (Å²) in [7, 11) is 1.70. The van der Waals surface area contributed by atoms with Gasteiger partial charge in [-0.15, -0.1) is 0 Å². The standard InChI is InChI=1S/C18H20N4O2/c1-10-8-13-12(4-3-5-15(13)20-10)18(23)22-17(19)14-9-11(24-2)6-7-16(14)21-22/h3-5,8,11,20H,6-7,9,19H2,1-2H3. The maximum atomic E-state index is 13.0. The normalized spacial score (nSPS) is 17.2. The van der Waals surface area contributed by atoms with Crippen molar-refractivity contribution in [1.29, 1.82) is 0 Å². The van der Waals surface area contributed by atoms with Crippen molar-refractivity contribution in [3.05, 3.63) is 46.8 Å². The summed E-state index contributed by atoms with van der Waals surface area (Å²) in [6, 6.07) is 7.62. The molecule has 2 heterocycles. The van der Waals surface area contributed by atoms with E-state index in [9.17, 15) is 4.79 Å². The van der Waals surface area contributed by atoms with E-state index in [0.29, 0.717) is 17.8 Å². The highest BCUT2D eigenvalue weighted by atomic mass is 16.5. The number of nitrogens with zero attached hydrogens (tertiary/aromatic N) is 2. The molecule has 124 valence electrons. The molecular weight excluding hydrogens is 304 g/mol. The third kappa shape index (κ3) is 2.22. The summed E-state index contributed by atoms with van der Waals surface area (Å²) < 4.78 is 6.78. The van der Waals surface area contributed by atoms with E-state index in [1.54, 1.807) is 7.11 Å². The van der Waals surface area contributed by atoms with Gasteiger partial charge < -0.3 is 15.5 Å². The van der Waals surface area contributed by atoms with Gasteiger partial charge in [0.2, 0.25) is 0 Å². The fourth-order valence-electron chi connectivity index (χ4n) is 3.51. The van der Waals surface area contributed by atoms with Crippen LogP contribution in [-0.2, 0) is 17.6 Å². The number of hydrogen-bond donors (Lipinski definition) is 2. The van der Waals surface area contributed by atoms with Gasteiger partial charge in [0.25, 0.3) is 5.91 Å². The minimum absolute atomic E-state index is 0.142. The van der Waals surface area contributed by atoms with E-state index in [1.807, 2.05) is 31.2 Å². The average Bonchev–Trinajstić information content (AvgIpc) is 3.13. The molecule has 2 aromatic heterocycles. The highest BCUT2D eigenvalue weighted by Gasteiger charge is 2.27. The number of H-pyrrole nitrogens is 1. The molecule has 1 aromatic carbocycles. The van der Waals surface area contributed by atoms with Crippen molar-refractivity contribution >= 4 is 22.6 Å². The Bertz CT molecular complexity index is 938. The van der Waals surface area contributed by atoms with Gasteiger partial charge in [0.15, 0.2) is 0 Å². The Morgan fingerprint density at radius 2 is 2.29 bits per heavy atom. The van der Waals surface area contributed by atoms with Gasteiger partial charge in [-0.1, -0.05) is 6.07 Å². The summed E-state index contributed by atoms with van der Waals surface area (Å²) in [6.45, 7) is 1.97. The van der Waals surface area contributed by atoms with Gasteiger partial charge in [0, 0.05) is 35.7 Å². The molecule has 0 saturated carbocycles. The van der Waals surface area contributed by atoms with Gasteiger partial charge in [0.05, 0.1) is 17.4 Å². The first-order valence-corrected chi connectivity index (χ1v) is 8.10. The Morgan fingerprint density at radius 3 is 3.08 bits per heavy atom. The van der Waals surface area contributed by atoms with Gasteiger partial charge in [0.1, 0.15) is 5.82 Å². The van der Waals surface area contributed by atoms with Gasteiger partial charge in [-0.25, -0.2) is 0 Å². The van der Waals surface area contributed by atoms with Crippen LogP contribution in [0.3, 0.4) is 0 Å². The number of carbonyl (C=O) groups is 1. The number of ether oxygens (including phenoxy) is 1. The summed E-state index contributed by atoms with van der Waals surface area (Å²) in [5.41, 5.74) is 10.7. The lowest BCUT2D eigenvalue weighted by Crippen LogP contribution is -2.21. The van der Waals surface area contributed by atoms with Crippen LogP contribution in [-0.4, -0.2) is 33.9 Å². The van der Waals surface area contributed by atoms with E-state index >= 15 is 0 Å². The number of fused-ring (bicyclic) bond motifs is 2. The Morgan fingerprint density at radius 1 is 1.46 bits per heavy atom. The first kappa shape index (κ1) is 15.0. The number of methoxy groups -OCH3 is 1. The van der Waals surface area contributed by atoms with Crippen molar-refractivity contribution in [3.63, 3.8) is 0 Å². The molecule has 1 aliphatic rings. The zero-order valence-corrected chi connectivity index (χ0v) is 13.8. The van der Waals surface area contributed by atoms with Crippen LogP contribution in [0.1, 0.15) is 33.7 Å². The monoisotopic (exact) mass is 324 g/mol. The molecule has 1 unspecified atom stereocenters. The fourth-order valence-corrected chi connectivity index (χ4v) is 3.51. The minimum Gasteiger partial charge on any atom is -0.383 e. The summed E-state index contributed by atoms with van der Waals surface area (Å²) in [5, 5.41) is 5.38. The lowest BCUT2D eigenvalue weighted by atomic mass is 9.95. The number of anilines is 1. The van der Waals surface area contributed by atoms with Crippen LogP contribution in [0.5, 0.6) is 0 Å². The molecule has 0 fully saturated rings. The van der Waals surface area contributed by atoms with Crippen LogP contribution >= 0.6 is 0 Å². The van der Waals surface area contributed by atoms with Gasteiger partial charge in [-0.05, 0) is 38.0 Å². The highest BCUT2D eigenvalue weighted by molar-refractivity contribution is 6.08. The van der Waals surface area contributed by atoms with E-state index in [-0.39, 0.29) is 12.0 Å². The van der Waals surface area contributed by atoms with Gasteiger partial charge in [-0.2, -0.15) is 9.78 Å². The predicted octanol–water partition coefficient (Wildman–Crippen LogP) is 2.45. The molecule has 1 aliphatic carbocycles. The molecule has 0 spiro atoms. The molecule has 1 atom stereocenters. The number of nitrogens with two attached hydrogens (primary N) is 1. The largest absolute Gasteiger partial charge is 0.383 e. The number of aromatic nitrogens is 3. The van der Waals surface area contributed by atoms with E-state index in [4.69, 9.17) is 10.5 Å². The molecule has 3 aromatic rings. The second kappa shape index (κ2) is 5.49. The maximum absolute atomic E-state index is 13.0. The molecule has 4 rings (SSSR count). The maximum Gasteiger partial charge on any atom is 0.280 e. The van der Waals surface area contributed by atoms with E-state index in [1.165, 1.54) is 4.68 Å². The average molecular weight is 324 g/mol. The van der Waals surface area contributed by atoms with E-state index in [0.717, 1.165) is 40.7 Å². The predicted molar refractivity (Wildman–Crippen MR) is 92.2 cm³/mol. The summed E-state index contributed by atoms with van der Waals surface area (Å²) in [4.78, 5) is 16.3. The smallest absolute Gasteiger partial charge is 0.280 e. The van der Waals surface area contributed by atoms with Crippen molar-refractivity contribution in [3.8, 4) is 0 Å². The molecule has 0 radical (unpaired) electrons. The van der Waals surface area contributed by atoms with Crippen molar-refractivity contribution in [2.45, 2.75) is 32.3 Å². The second-order valence-electron chi connectivity index (χ2n) is 6.35. The molecule has 6 nitrogen and oxygen atoms in total. The molecular formula is C18H20N4O2. The zero-order valence-electron chi connectivity index (χ0n) is 13.8. The molecule has 0 aliphatic heterocycles. The van der Waals surface area contributed by atoms with Gasteiger partial charge >= 0.3 is 0 Å². The second-order valence-corrected chi connectivity index (χ2v) is 6.35. The third-order valence-electron chi connectivity index (χ3n) is 4.80. The van der Waals surface area contributed by atoms with Crippen LogP contribution < -0.4 is 5.73 Å².